The summed E-state index contributed by atoms with van der Waals surface area (Å²) in [6.07, 6.45) is 1.62. The van der Waals surface area contributed by atoms with E-state index in [0.717, 1.165) is 18.9 Å². The van der Waals surface area contributed by atoms with E-state index in [2.05, 4.69) is 20.5 Å². The zero-order valence-electron chi connectivity index (χ0n) is 14.6. The van der Waals surface area contributed by atoms with Crippen molar-refractivity contribution in [3.05, 3.63) is 54.2 Å². The molecule has 26 heavy (non-hydrogen) atoms. The maximum atomic E-state index is 12.3. The lowest BCUT2D eigenvalue weighted by molar-refractivity contribution is -0.117. The summed E-state index contributed by atoms with van der Waals surface area (Å²) in [6, 6.07) is 11.8. The first-order chi connectivity index (χ1) is 12.6. The normalized spacial score (nSPS) is 15.2. The van der Waals surface area contributed by atoms with Crippen molar-refractivity contribution in [1.29, 1.82) is 0 Å². The SMILES string of the molecule is CC(NC(=O)c1ccccc1)C(=O)Nc1ccc(N2CCOCC2)nc1. The molecule has 0 aliphatic carbocycles. The number of carbonyl (C=O) groups is 2. The second-order valence-electron chi connectivity index (χ2n) is 6.05. The van der Waals surface area contributed by atoms with Crippen LogP contribution in [0.4, 0.5) is 11.5 Å². The number of ether oxygens (including phenoxy) is 1. The number of morpholine rings is 1. The number of rotatable bonds is 5. The highest BCUT2D eigenvalue weighted by atomic mass is 16.5. The Bertz CT molecular complexity index is 743. The van der Waals surface area contributed by atoms with Crippen LogP contribution < -0.4 is 15.5 Å². The van der Waals surface area contributed by atoms with E-state index in [4.69, 9.17) is 4.74 Å². The molecular formula is C19H22N4O3. The molecule has 1 aromatic carbocycles. The zero-order valence-corrected chi connectivity index (χ0v) is 14.6. The number of carbonyl (C=O) groups excluding carboxylic acids is 2. The maximum absolute atomic E-state index is 12.3. The maximum Gasteiger partial charge on any atom is 0.251 e. The third-order valence-corrected chi connectivity index (χ3v) is 4.13. The van der Waals surface area contributed by atoms with Gasteiger partial charge in [-0.25, -0.2) is 4.98 Å². The van der Waals surface area contributed by atoms with Gasteiger partial charge in [0.2, 0.25) is 5.91 Å². The van der Waals surface area contributed by atoms with Gasteiger partial charge in [0.25, 0.3) is 5.91 Å². The van der Waals surface area contributed by atoms with E-state index in [1.54, 1.807) is 43.5 Å². The van der Waals surface area contributed by atoms with Gasteiger partial charge in [-0.05, 0) is 31.2 Å². The van der Waals surface area contributed by atoms with Crippen LogP contribution in [0.15, 0.2) is 48.7 Å². The number of aromatic nitrogens is 1. The number of amides is 2. The molecule has 1 saturated heterocycles. The third-order valence-electron chi connectivity index (χ3n) is 4.13. The van der Waals surface area contributed by atoms with E-state index in [9.17, 15) is 9.59 Å². The van der Waals surface area contributed by atoms with Crippen molar-refractivity contribution in [3.8, 4) is 0 Å². The van der Waals surface area contributed by atoms with Crippen LogP contribution in [0, 0.1) is 0 Å². The molecule has 1 aromatic heterocycles. The molecule has 0 spiro atoms. The lowest BCUT2D eigenvalue weighted by Gasteiger charge is -2.27. The fourth-order valence-electron chi connectivity index (χ4n) is 2.63. The predicted molar refractivity (Wildman–Crippen MR) is 99.3 cm³/mol. The predicted octanol–water partition coefficient (Wildman–Crippen LogP) is 1.68. The van der Waals surface area contributed by atoms with Crippen molar-refractivity contribution in [2.24, 2.45) is 0 Å². The standard InChI is InChI=1S/C19H22N4O3/c1-14(21-19(25)15-5-3-2-4-6-15)18(24)22-16-7-8-17(20-13-16)23-9-11-26-12-10-23/h2-8,13-14H,9-12H2,1H3,(H,21,25)(H,22,24). The Hall–Kier alpha value is -2.93. The topological polar surface area (TPSA) is 83.6 Å². The van der Waals surface area contributed by atoms with E-state index in [-0.39, 0.29) is 11.8 Å². The fourth-order valence-corrected chi connectivity index (χ4v) is 2.63. The van der Waals surface area contributed by atoms with Crippen molar-refractivity contribution in [3.63, 3.8) is 0 Å². The molecule has 2 N–H and O–H groups in total. The van der Waals surface area contributed by atoms with Crippen molar-refractivity contribution in [2.75, 3.05) is 36.5 Å². The van der Waals surface area contributed by atoms with Gasteiger partial charge in [-0.3, -0.25) is 9.59 Å². The summed E-state index contributed by atoms with van der Waals surface area (Å²) in [5.41, 5.74) is 1.11. The first kappa shape index (κ1) is 17.9. The summed E-state index contributed by atoms with van der Waals surface area (Å²) in [6.45, 7) is 4.64. The smallest absolute Gasteiger partial charge is 0.251 e. The molecule has 2 aromatic rings. The monoisotopic (exact) mass is 354 g/mol. The average molecular weight is 354 g/mol. The number of hydrogen-bond donors (Lipinski definition) is 2. The molecule has 7 nitrogen and oxygen atoms in total. The van der Waals surface area contributed by atoms with E-state index in [1.165, 1.54) is 0 Å². The fraction of sp³-hybridized carbons (Fsp3) is 0.316. The highest BCUT2D eigenvalue weighted by Crippen LogP contribution is 2.15. The molecule has 1 unspecified atom stereocenters. The van der Waals surface area contributed by atoms with Gasteiger partial charge in [0, 0.05) is 18.7 Å². The highest BCUT2D eigenvalue weighted by molar-refractivity contribution is 6.00. The Labute approximate surface area is 152 Å². The Kier molecular flexibility index (Phi) is 5.80. The van der Waals surface area contributed by atoms with E-state index >= 15 is 0 Å². The van der Waals surface area contributed by atoms with E-state index in [0.29, 0.717) is 24.5 Å². The minimum absolute atomic E-state index is 0.283. The molecule has 1 atom stereocenters. The van der Waals surface area contributed by atoms with Gasteiger partial charge in [0.15, 0.2) is 0 Å². The van der Waals surface area contributed by atoms with Crippen LogP contribution >= 0.6 is 0 Å². The molecule has 3 rings (SSSR count). The van der Waals surface area contributed by atoms with Crippen LogP contribution in [0.3, 0.4) is 0 Å². The Morgan fingerprint density at radius 1 is 1.12 bits per heavy atom. The van der Waals surface area contributed by atoms with Gasteiger partial charge < -0.3 is 20.3 Å². The third kappa shape index (κ3) is 4.58. The van der Waals surface area contributed by atoms with Crippen LogP contribution in [-0.4, -0.2) is 49.1 Å². The Morgan fingerprint density at radius 3 is 2.50 bits per heavy atom. The average Bonchev–Trinajstić information content (AvgIpc) is 2.70. The largest absolute Gasteiger partial charge is 0.378 e. The summed E-state index contributed by atoms with van der Waals surface area (Å²) in [5, 5.41) is 5.46. The molecule has 1 aliphatic rings. The van der Waals surface area contributed by atoms with Crippen molar-refractivity contribution < 1.29 is 14.3 Å². The summed E-state index contributed by atoms with van der Waals surface area (Å²) < 4.78 is 5.33. The molecule has 1 fully saturated rings. The summed E-state index contributed by atoms with van der Waals surface area (Å²) in [7, 11) is 0. The lowest BCUT2D eigenvalue weighted by Crippen LogP contribution is -2.41. The molecule has 7 heteroatoms. The Morgan fingerprint density at radius 2 is 1.85 bits per heavy atom. The summed E-state index contributed by atoms with van der Waals surface area (Å²) >= 11 is 0. The number of nitrogens with one attached hydrogen (secondary N) is 2. The molecule has 2 amide bonds. The van der Waals surface area contributed by atoms with Crippen LogP contribution in [0.2, 0.25) is 0 Å². The van der Waals surface area contributed by atoms with Crippen molar-refractivity contribution >= 4 is 23.3 Å². The first-order valence-electron chi connectivity index (χ1n) is 8.59. The molecule has 0 bridgehead atoms. The van der Waals surface area contributed by atoms with Gasteiger partial charge in [0.05, 0.1) is 25.1 Å². The zero-order chi connectivity index (χ0) is 18.4. The number of nitrogens with zero attached hydrogens (tertiary/aromatic N) is 2. The van der Waals surface area contributed by atoms with Crippen molar-refractivity contribution in [1.82, 2.24) is 10.3 Å². The second-order valence-corrected chi connectivity index (χ2v) is 6.05. The first-order valence-corrected chi connectivity index (χ1v) is 8.59. The summed E-state index contributed by atoms with van der Waals surface area (Å²) in [4.78, 5) is 30.9. The number of anilines is 2. The second kappa shape index (κ2) is 8.44. The van der Waals surface area contributed by atoms with Crippen LogP contribution in [0.1, 0.15) is 17.3 Å². The molecule has 0 radical (unpaired) electrons. The molecular weight excluding hydrogens is 332 g/mol. The molecule has 0 saturated carbocycles. The van der Waals surface area contributed by atoms with Crippen LogP contribution in [-0.2, 0) is 9.53 Å². The van der Waals surface area contributed by atoms with Crippen molar-refractivity contribution in [2.45, 2.75) is 13.0 Å². The van der Waals surface area contributed by atoms with Crippen LogP contribution in [0.5, 0.6) is 0 Å². The number of benzene rings is 1. The minimum atomic E-state index is -0.665. The van der Waals surface area contributed by atoms with E-state index in [1.807, 2.05) is 12.1 Å². The molecule has 2 heterocycles. The number of pyridine rings is 1. The molecule has 1 aliphatic heterocycles. The van der Waals surface area contributed by atoms with Crippen LogP contribution in [0.25, 0.3) is 0 Å². The highest BCUT2D eigenvalue weighted by Gasteiger charge is 2.17. The number of hydrogen-bond acceptors (Lipinski definition) is 5. The quantitative estimate of drug-likeness (QED) is 0.853. The summed E-state index contributed by atoms with van der Waals surface area (Å²) in [5.74, 6) is 0.279. The van der Waals surface area contributed by atoms with Gasteiger partial charge in [-0.15, -0.1) is 0 Å². The van der Waals surface area contributed by atoms with Gasteiger partial charge >= 0.3 is 0 Å². The minimum Gasteiger partial charge on any atom is -0.378 e. The van der Waals surface area contributed by atoms with E-state index < -0.39 is 6.04 Å². The lowest BCUT2D eigenvalue weighted by atomic mass is 10.2. The van der Waals surface area contributed by atoms with Gasteiger partial charge in [0.1, 0.15) is 11.9 Å². The van der Waals surface area contributed by atoms with Gasteiger partial charge in [-0.1, -0.05) is 18.2 Å². The Balaban J connectivity index is 1.54. The molecule has 136 valence electrons. The van der Waals surface area contributed by atoms with Gasteiger partial charge in [-0.2, -0.15) is 0 Å².